The summed E-state index contributed by atoms with van der Waals surface area (Å²) in [6.07, 6.45) is 14.7. The van der Waals surface area contributed by atoms with Crippen molar-refractivity contribution in [2.45, 2.75) is 122 Å². The van der Waals surface area contributed by atoms with Crippen LogP contribution >= 0.6 is 69.6 Å². The van der Waals surface area contributed by atoms with E-state index in [2.05, 4.69) is 77.6 Å². The van der Waals surface area contributed by atoms with Crippen LogP contribution in [0.5, 0.6) is 5.75 Å². The van der Waals surface area contributed by atoms with Crippen molar-refractivity contribution in [3.8, 4) is 5.75 Å². The minimum absolute atomic E-state index is 0.0352. The highest BCUT2D eigenvalue weighted by molar-refractivity contribution is 6.43. The number of halogens is 6. The number of nitro groups is 5. The highest BCUT2D eigenvalue weighted by atomic mass is 35.5. The number of hydrogen-bond donors (Lipinski definition) is 10. The monoisotopic (exact) mass is 1690 g/mol. The number of benzene rings is 6. The van der Waals surface area contributed by atoms with Crippen molar-refractivity contribution in [2.24, 2.45) is 0 Å². The Morgan fingerprint density at radius 1 is 0.379 bits per heavy atom. The largest absolute Gasteiger partial charge is 0.493 e. The summed E-state index contributed by atoms with van der Waals surface area (Å²) in [5, 5.41) is 113. The van der Waals surface area contributed by atoms with Crippen molar-refractivity contribution in [1.82, 2.24) is 51.0 Å². The molecule has 0 bridgehead atoms. The fourth-order valence-electron chi connectivity index (χ4n) is 15.5. The van der Waals surface area contributed by atoms with Gasteiger partial charge in [0.1, 0.15) is 64.4 Å². The summed E-state index contributed by atoms with van der Waals surface area (Å²) < 4.78 is 5.93. The van der Waals surface area contributed by atoms with Gasteiger partial charge in [0.25, 0.3) is 28.5 Å². The molecule has 0 spiro atoms. The highest BCUT2D eigenvalue weighted by Crippen LogP contribution is 2.51. The lowest BCUT2D eigenvalue weighted by Crippen LogP contribution is -2.24. The van der Waals surface area contributed by atoms with Crippen molar-refractivity contribution >= 4 is 109 Å². The molecule has 598 valence electrons. The number of nitrogens with one attached hydrogen (secondary N) is 10. The van der Waals surface area contributed by atoms with Gasteiger partial charge in [0.05, 0.1) is 121 Å². The van der Waals surface area contributed by atoms with Crippen LogP contribution in [0.2, 0.25) is 30.1 Å². The quantitative estimate of drug-likeness (QED) is 0.0299. The van der Waals surface area contributed by atoms with Crippen LogP contribution in [-0.2, 0) is 6.42 Å². The summed E-state index contributed by atoms with van der Waals surface area (Å²) in [7, 11) is 0. The standard InChI is InChI=1S/C19H18N4O2.C18H20N4O3.C15H14Cl2N4O2.C14H12Cl2N4O2.C13H10Cl2N4O2/c1-2-6-16-18(23(24)25)17(15-11-20-22-19(15)21-16)14-10-5-8-12-7-3-4-9-13(12)14;1-2-5-14-16(22(23)24)15(13-10-19-21-18(13)20-14)12-8-3-6-11-7-4-9-25-17(11)12;1-2-4-11-14(21(22)23)12(9-7-18-20-15(9)19-11)8-5-3-6-10(16)13(8)17;1-2-10-13(20(21)22)11(8-6-17-19-14(8)18-10)7-4-3-5-9(15)12(7)16;1-6-12(19(20)21)10(8-5-16-18-13(8)17-6)7-3-2-4-9(14)11(7)15/h3-5,7-11,17H,2,6H2,1H3,(H2,20,21,22);3,6,8,10,15H,2,4-5,7,9H2,1H3,(H2,19,20,21);3,5-7,12H,2,4H2,1H3,(H2,18,19,20);3-6,11H,2H2,1H3,(H2,17,18,19);2-5,10H,1H3,(H2,16,17,18). The van der Waals surface area contributed by atoms with Gasteiger partial charge in [-0.05, 0) is 102 Å². The molecular weight excluding hydrogens is 1620 g/mol. The Bertz CT molecular complexity index is 5820. The SMILES string of the molecule is CC1=C([N+](=O)[O-])C(c2cccc(Cl)c2Cl)c2cn[nH]c2N1.CCC1=C([N+](=O)[O-])C(c2cccc(Cl)c2Cl)c2cn[nH]c2N1.CCCC1=C([N+](=O)[O-])C(c2cccc(Cl)c2Cl)c2cn[nH]c2N1.CCCC1=C([N+](=O)[O-])C(c2cccc3c2OCCC3)c2cn[nH]c2N1.CCCC1=C([N+](=O)[O-])C(c2cccc3ccccc23)c2cn[nH]c2N1. The van der Waals surface area contributed by atoms with Gasteiger partial charge in [0, 0.05) is 33.4 Å². The van der Waals surface area contributed by atoms with Gasteiger partial charge in [-0.15, -0.1) is 0 Å². The average molecular weight is 1690 g/mol. The Labute approximate surface area is 691 Å². The number of H-pyrrole nitrogens is 5. The zero-order valence-corrected chi connectivity index (χ0v) is 67.1. The normalized spacial score (nSPS) is 17.4. The number of aromatic amines is 5. The fraction of sp³-hybridized carbons (Fsp3) is 0.253. The topological polar surface area (TPSA) is 428 Å². The van der Waals surface area contributed by atoms with Gasteiger partial charge in [-0.3, -0.25) is 76.1 Å². The van der Waals surface area contributed by atoms with Crippen LogP contribution in [0.15, 0.2) is 203 Å². The lowest BCUT2D eigenvalue weighted by molar-refractivity contribution is -0.430. The molecule has 31 nitrogen and oxygen atoms in total. The molecule has 6 aromatic carbocycles. The van der Waals surface area contributed by atoms with E-state index in [4.69, 9.17) is 74.3 Å². The molecule has 5 atom stereocenters. The Morgan fingerprint density at radius 2 is 0.698 bits per heavy atom. The fourth-order valence-corrected chi connectivity index (χ4v) is 16.7. The maximum atomic E-state index is 12.0. The van der Waals surface area contributed by atoms with Crippen molar-refractivity contribution in [1.29, 1.82) is 0 Å². The van der Waals surface area contributed by atoms with Gasteiger partial charge in [0.2, 0.25) is 0 Å². The first kappa shape index (κ1) is 81.9. The Hall–Kier alpha value is -12.1. The van der Waals surface area contributed by atoms with Crippen molar-refractivity contribution in [3.05, 3.63) is 345 Å². The van der Waals surface area contributed by atoms with E-state index in [0.29, 0.717) is 142 Å². The molecule has 6 aliphatic heterocycles. The number of hydrogen-bond acceptors (Lipinski definition) is 21. The molecule has 0 saturated heterocycles. The van der Waals surface area contributed by atoms with Crippen LogP contribution in [0.3, 0.4) is 0 Å². The maximum absolute atomic E-state index is 12.0. The molecule has 11 heterocycles. The summed E-state index contributed by atoms with van der Waals surface area (Å²) in [5.74, 6) is 1.39. The number of fused-ring (bicyclic) bond motifs is 7. The smallest absolute Gasteiger partial charge is 0.277 e. The van der Waals surface area contributed by atoms with Crippen LogP contribution in [-0.4, -0.2) is 82.2 Å². The van der Waals surface area contributed by atoms with Crippen LogP contribution < -0.4 is 31.3 Å². The Morgan fingerprint density at radius 3 is 1.09 bits per heavy atom. The van der Waals surface area contributed by atoms with Gasteiger partial charge >= 0.3 is 0 Å². The highest BCUT2D eigenvalue weighted by Gasteiger charge is 2.45. The lowest BCUT2D eigenvalue weighted by Gasteiger charge is -2.27. The molecule has 37 heteroatoms. The molecule has 11 aromatic rings. The summed E-state index contributed by atoms with van der Waals surface area (Å²) >= 11 is 37.1. The molecule has 10 N–H and O–H groups in total. The molecule has 0 fully saturated rings. The van der Waals surface area contributed by atoms with E-state index < -0.39 is 34.5 Å². The number of aryl methyl sites for hydroxylation is 1. The molecule has 116 heavy (non-hydrogen) atoms. The number of anilines is 5. The molecule has 0 aliphatic carbocycles. The lowest BCUT2D eigenvalue weighted by atomic mass is 9.83. The summed E-state index contributed by atoms with van der Waals surface area (Å²) in [6.45, 7) is 10.1. The van der Waals surface area contributed by atoms with E-state index >= 15 is 0 Å². The molecule has 0 saturated carbocycles. The third-order valence-electron chi connectivity index (χ3n) is 20.4. The van der Waals surface area contributed by atoms with Crippen LogP contribution in [0.4, 0.5) is 29.1 Å². The molecule has 6 aliphatic rings. The number of ether oxygens (including phenoxy) is 1. The van der Waals surface area contributed by atoms with E-state index in [-0.39, 0.29) is 48.2 Å². The van der Waals surface area contributed by atoms with E-state index in [1.807, 2.05) is 88.4 Å². The first-order chi connectivity index (χ1) is 56.0. The Balaban J connectivity index is 0.000000126. The number of allylic oxidation sites excluding steroid dienone is 10. The number of rotatable bonds is 17. The first-order valence-corrected chi connectivity index (χ1v) is 39.2. The number of para-hydroxylation sites is 1. The van der Waals surface area contributed by atoms with Crippen LogP contribution in [0, 0.1) is 50.6 Å². The van der Waals surface area contributed by atoms with Gasteiger partial charge < -0.3 is 31.3 Å². The van der Waals surface area contributed by atoms with Gasteiger partial charge in [-0.25, -0.2) is 0 Å². The Kier molecular flexibility index (Phi) is 25.2. The third-order valence-corrected chi connectivity index (χ3v) is 22.9. The predicted octanol–water partition coefficient (Wildman–Crippen LogP) is 20.5. The van der Waals surface area contributed by atoms with Crippen LogP contribution in [0.1, 0.15) is 177 Å². The second-order valence-electron chi connectivity index (χ2n) is 27.4. The number of aromatic nitrogens is 10. The van der Waals surface area contributed by atoms with Crippen molar-refractivity contribution in [3.63, 3.8) is 0 Å². The molecule has 17 rings (SSSR count). The van der Waals surface area contributed by atoms with Crippen molar-refractivity contribution < 1.29 is 29.4 Å². The van der Waals surface area contributed by atoms with E-state index in [1.165, 1.54) is 0 Å². The van der Waals surface area contributed by atoms with Gasteiger partial charge in [0.15, 0.2) is 0 Å². The molecular formula is C79H74Cl6N20O11. The predicted molar refractivity (Wildman–Crippen MR) is 445 cm³/mol. The number of nitrogens with zero attached hydrogens (tertiary/aromatic N) is 10. The summed E-state index contributed by atoms with van der Waals surface area (Å²) in [4.78, 5) is 57.2. The van der Waals surface area contributed by atoms with E-state index in [9.17, 15) is 50.6 Å². The molecule has 0 radical (unpaired) electrons. The maximum Gasteiger partial charge on any atom is 0.277 e. The second-order valence-corrected chi connectivity index (χ2v) is 29.8. The zero-order chi connectivity index (χ0) is 82.3. The third kappa shape index (κ3) is 16.2. The van der Waals surface area contributed by atoms with Crippen molar-refractivity contribution in [2.75, 3.05) is 33.2 Å². The first-order valence-electron chi connectivity index (χ1n) is 36.9. The molecule has 0 amide bonds. The minimum Gasteiger partial charge on any atom is -0.493 e. The zero-order valence-electron chi connectivity index (χ0n) is 62.5. The van der Waals surface area contributed by atoms with Crippen LogP contribution in [0.25, 0.3) is 10.8 Å². The van der Waals surface area contributed by atoms with E-state index in [1.54, 1.807) is 92.5 Å². The molecule has 5 unspecified atom stereocenters. The van der Waals surface area contributed by atoms with Gasteiger partial charge in [-0.2, -0.15) is 25.5 Å². The van der Waals surface area contributed by atoms with Gasteiger partial charge in [-0.1, -0.05) is 214 Å². The summed E-state index contributed by atoms with van der Waals surface area (Å²) in [6, 6.07) is 35.3. The second kappa shape index (κ2) is 35.7. The van der Waals surface area contributed by atoms with E-state index in [0.717, 1.165) is 88.1 Å². The molecule has 5 aromatic heterocycles. The summed E-state index contributed by atoms with van der Waals surface area (Å²) in [5.41, 5.74) is 11.7. The minimum atomic E-state index is -0.624. The average Bonchev–Trinajstić information content (AvgIpc) is 1.41.